The number of hydrogen-bond acceptors (Lipinski definition) is 8. The molecule has 2 fully saturated rings. The van der Waals surface area contributed by atoms with Gasteiger partial charge in [-0.3, -0.25) is 4.79 Å². The molecule has 5 atom stereocenters. The smallest absolute Gasteiger partial charge is 0.328 e. The fraction of sp³-hybridized carbons (Fsp3) is 0.636. The molecule has 0 aromatic heterocycles. The van der Waals surface area contributed by atoms with Gasteiger partial charge in [0.05, 0.1) is 7.11 Å². The lowest BCUT2D eigenvalue weighted by Crippen LogP contribution is -2.53. The first-order valence-corrected chi connectivity index (χ1v) is 10.4. The van der Waals surface area contributed by atoms with E-state index in [4.69, 9.17) is 29.4 Å². The summed E-state index contributed by atoms with van der Waals surface area (Å²) in [6, 6.07) is 8.48. The molecule has 0 saturated carbocycles. The summed E-state index contributed by atoms with van der Waals surface area (Å²) in [5, 5.41) is 2.76. The molecular formula is C22H32N2O7. The van der Waals surface area contributed by atoms with Gasteiger partial charge < -0.3 is 34.7 Å². The average molecular weight is 437 g/mol. The first-order chi connectivity index (χ1) is 14.5. The van der Waals surface area contributed by atoms with E-state index >= 15 is 0 Å². The molecule has 0 radical (unpaired) electrons. The highest BCUT2D eigenvalue weighted by atomic mass is 16.8. The Hall–Kier alpha value is -2.04. The molecule has 1 aromatic carbocycles. The maximum atomic E-state index is 13.2. The topological polar surface area (TPSA) is 118 Å². The predicted molar refractivity (Wildman–Crippen MR) is 111 cm³/mol. The van der Waals surface area contributed by atoms with E-state index in [9.17, 15) is 9.59 Å². The standard InChI is InChI=1S/C22H32N2O7/c1-21(2)28-15(12-23)16(29-21)17-18(31-22(3,4)30-17)19(25)24-14(20(26)27-5)11-13-9-7-6-8-10-13/h6-10,14-18H,11-12,23H2,1-5H3,(H,24,25)/t14-,15+,16-,17-,18+/m0/s1. The number of hydrogen-bond donors (Lipinski definition) is 2. The van der Waals surface area contributed by atoms with Crippen LogP contribution in [-0.4, -0.2) is 67.6 Å². The number of carbonyl (C=O) groups is 2. The molecule has 3 N–H and O–H groups in total. The van der Waals surface area contributed by atoms with Gasteiger partial charge in [0.1, 0.15) is 24.4 Å². The summed E-state index contributed by atoms with van der Waals surface area (Å²) < 4.78 is 28.7. The van der Waals surface area contributed by atoms with Crippen LogP contribution in [0.5, 0.6) is 0 Å². The summed E-state index contributed by atoms with van der Waals surface area (Å²) in [6.45, 7) is 7.18. The van der Waals surface area contributed by atoms with E-state index < -0.39 is 53.9 Å². The van der Waals surface area contributed by atoms with E-state index in [-0.39, 0.29) is 13.0 Å². The number of rotatable bonds is 7. The number of benzene rings is 1. The molecule has 9 heteroatoms. The zero-order valence-electron chi connectivity index (χ0n) is 18.6. The molecule has 2 aliphatic heterocycles. The number of carbonyl (C=O) groups excluding carboxylic acids is 2. The van der Waals surface area contributed by atoms with Crippen molar-refractivity contribution < 1.29 is 33.3 Å². The summed E-state index contributed by atoms with van der Waals surface area (Å²) in [5.74, 6) is -2.94. The van der Waals surface area contributed by atoms with Gasteiger partial charge in [-0.1, -0.05) is 30.3 Å². The lowest BCUT2D eigenvalue weighted by molar-refractivity contribution is -0.175. The monoisotopic (exact) mass is 436 g/mol. The van der Waals surface area contributed by atoms with Crippen LogP contribution < -0.4 is 11.1 Å². The van der Waals surface area contributed by atoms with Gasteiger partial charge in [0.15, 0.2) is 17.7 Å². The molecule has 9 nitrogen and oxygen atoms in total. The van der Waals surface area contributed by atoms with Crippen molar-refractivity contribution in [3.63, 3.8) is 0 Å². The number of nitrogens with two attached hydrogens (primary N) is 1. The first-order valence-electron chi connectivity index (χ1n) is 10.4. The van der Waals surface area contributed by atoms with Crippen LogP contribution >= 0.6 is 0 Å². The molecule has 0 aliphatic carbocycles. The number of nitrogens with one attached hydrogen (secondary N) is 1. The molecule has 31 heavy (non-hydrogen) atoms. The quantitative estimate of drug-likeness (QED) is 0.605. The van der Waals surface area contributed by atoms with Crippen LogP contribution in [0.4, 0.5) is 0 Å². The van der Waals surface area contributed by atoms with Crippen molar-refractivity contribution in [3.05, 3.63) is 35.9 Å². The van der Waals surface area contributed by atoms with Gasteiger partial charge in [0.25, 0.3) is 5.91 Å². The fourth-order valence-electron chi connectivity index (χ4n) is 4.00. The van der Waals surface area contributed by atoms with E-state index in [0.717, 1.165) is 5.56 Å². The lowest BCUT2D eigenvalue weighted by atomic mass is 10.0. The molecule has 0 bridgehead atoms. The van der Waals surface area contributed by atoms with Gasteiger partial charge in [-0.05, 0) is 33.3 Å². The van der Waals surface area contributed by atoms with Crippen LogP contribution in [-0.2, 0) is 39.7 Å². The summed E-state index contributed by atoms with van der Waals surface area (Å²) in [6.07, 6.45) is -2.57. The third kappa shape index (κ3) is 5.61. The van der Waals surface area contributed by atoms with Crippen molar-refractivity contribution in [2.45, 2.75) is 76.1 Å². The fourth-order valence-corrected chi connectivity index (χ4v) is 4.00. The second-order valence-electron chi connectivity index (χ2n) is 8.67. The van der Waals surface area contributed by atoms with Crippen LogP contribution in [0.25, 0.3) is 0 Å². The Balaban J connectivity index is 1.79. The van der Waals surface area contributed by atoms with Crippen molar-refractivity contribution in [1.29, 1.82) is 0 Å². The molecule has 3 rings (SSSR count). The van der Waals surface area contributed by atoms with Crippen molar-refractivity contribution in [3.8, 4) is 0 Å². The van der Waals surface area contributed by atoms with E-state index in [1.165, 1.54) is 7.11 Å². The number of amides is 1. The molecule has 172 valence electrons. The van der Waals surface area contributed by atoms with E-state index in [0.29, 0.717) is 0 Å². The normalized spacial score (nSPS) is 30.0. The largest absolute Gasteiger partial charge is 0.467 e. The molecule has 2 saturated heterocycles. The molecule has 1 amide bonds. The summed E-state index contributed by atoms with van der Waals surface area (Å²) in [5.41, 5.74) is 6.75. The van der Waals surface area contributed by atoms with Gasteiger partial charge in [0, 0.05) is 13.0 Å². The Labute approximate surface area is 182 Å². The average Bonchev–Trinajstić information content (AvgIpc) is 3.22. The van der Waals surface area contributed by atoms with Crippen molar-refractivity contribution in [2.24, 2.45) is 5.73 Å². The zero-order valence-corrected chi connectivity index (χ0v) is 18.6. The van der Waals surface area contributed by atoms with Crippen LogP contribution in [0.1, 0.15) is 33.3 Å². The summed E-state index contributed by atoms with van der Waals surface area (Å²) >= 11 is 0. The van der Waals surface area contributed by atoms with Gasteiger partial charge >= 0.3 is 5.97 Å². The summed E-state index contributed by atoms with van der Waals surface area (Å²) in [4.78, 5) is 25.6. The number of ether oxygens (including phenoxy) is 5. The SMILES string of the molecule is COC(=O)[C@H](Cc1ccccc1)NC(=O)[C@@H]1OC(C)(C)O[C@H]1[C@H]1OC(C)(C)O[C@@H]1CN. The maximum absolute atomic E-state index is 13.2. The Morgan fingerprint density at radius 2 is 1.65 bits per heavy atom. The maximum Gasteiger partial charge on any atom is 0.328 e. The highest BCUT2D eigenvalue weighted by Crippen LogP contribution is 2.38. The third-order valence-electron chi connectivity index (χ3n) is 5.25. The molecular weight excluding hydrogens is 404 g/mol. The minimum atomic E-state index is -1.03. The van der Waals surface area contributed by atoms with Gasteiger partial charge in [-0.2, -0.15) is 0 Å². The minimum Gasteiger partial charge on any atom is -0.467 e. The molecule has 2 aliphatic rings. The van der Waals surface area contributed by atoms with Crippen LogP contribution in [0, 0.1) is 0 Å². The van der Waals surface area contributed by atoms with Crippen molar-refractivity contribution in [2.75, 3.05) is 13.7 Å². The third-order valence-corrected chi connectivity index (χ3v) is 5.25. The van der Waals surface area contributed by atoms with Crippen LogP contribution in [0.15, 0.2) is 30.3 Å². The van der Waals surface area contributed by atoms with E-state index in [1.807, 2.05) is 30.3 Å². The highest BCUT2D eigenvalue weighted by Gasteiger charge is 2.55. The van der Waals surface area contributed by atoms with Crippen molar-refractivity contribution >= 4 is 11.9 Å². The Morgan fingerprint density at radius 1 is 1.03 bits per heavy atom. The Bertz CT molecular complexity index is 783. The number of esters is 1. The van der Waals surface area contributed by atoms with Crippen LogP contribution in [0.3, 0.4) is 0 Å². The van der Waals surface area contributed by atoms with Crippen molar-refractivity contribution in [1.82, 2.24) is 5.32 Å². The number of methoxy groups -OCH3 is 1. The Kier molecular flexibility index (Phi) is 7.02. The van der Waals surface area contributed by atoms with Gasteiger partial charge in [0.2, 0.25) is 0 Å². The Morgan fingerprint density at radius 3 is 2.26 bits per heavy atom. The molecule has 1 aromatic rings. The lowest BCUT2D eigenvalue weighted by Gasteiger charge is -2.26. The second-order valence-corrected chi connectivity index (χ2v) is 8.67. The molecule has 0 spiro atoms. The molecule has 2 heterocycles. The highest BCUT2D eigenvalue weighted by molar-refractivity contribution is 5.87. The first kappa shape index (κ1) is 23.6. The zero-order chi connectivity index (χ0) is 22.8. The van der Waals surface area contributed by atoms with E-state index in [1.54, 1.807) is 27.7 Å². The predicted octanol–water partition coefficient (Wildman–Crippen LogP) is 0.886. The van der Waals surface area contributed by atoms with Gasteiger partial charge in [-0.25, -0.2) is 4.79 Å². The van der Waals surface area contributed by atoms with Gasteiger partial charge in [-0.15, -0.1) is 0 Å². The van der Waals surface area contributed by atoms with Crippen LogP contribution in [0.2, 0.25) is 0 Å². The molecule has 0 unspecified atom stereocenters. The minimum absolute atomic E-state index is 0.196. The summed E-state index contributed by atoms with van der Waals surface area (Å²) in [7, 11) is 1.28. The second kappa shape index (κ2) is 9.22. The van der Waals surface area contributed by atoms with E-state index in [2.05, 4.69) is 5.32 Å².